The Morgan fingerprint density at radius 2 is 1.57 bits per heavy atom. The Bertz CT molecular complexity index is 844. The molecule has 1 aliphatic carbocycles. The number of carbonyl (C=O) groups excluding carboxylic acids is 1. The Labute approximate surface area is 169 Å². The SMILES string of the molecule is CCCOc1ccc(C#Cc2ccc(CC(C)(C)CC(=O)C3CC3)cc2)cc1. The third-order valence-corrected chi connectivity index (χ3v) is 5.00. The second-order valence-corrected chi connectivity index (χ2v) is 8.58. The first kappa shape index (κ1) is 20.2. The summed E-state index contributed by atoms with van der Waals surface area (Å²) in [5, 5.41) is 0. The number of hydrogen-bond donors (Lipinski definition) is 0. The van der Waals surface area contributed by atoms with E-state index in [0.717, 1.165) is 49.2 Å². The molecule has 3 rings (SSSR count). The van der Waals surface area contributed by atoms with Gasteiger partial charge in [-0.25, -0.2) is 0 Å². The average molecular weight is 375 g/mol. The normalized spacial score (nSPS) is 13.5. The molecule has 28 heavy (non-hydrogen) atoms. The molecule has 0 aliphatic heterocycles. The molecule has 0 radical (unpaired) electrons. The summed E-state index contributed by atoms with van der Waals surface area (Å²) in [5.41, 5.74) is 3.25. The lowest BCUT2D eigenvalue weighted by molar-refractivity contribution is -0.122. The van der Waals surface area contributed by atoms with E-state index in [1.54, 1.807) is 0 Å². The maximum atomic E-state index is 12.1. The molecule has 0 amide bonds. The Kier molecular flexibility index (Phi) is 6.57. The number of ether oxygens (including phenoxy) is 1. The lowest BCUT2D eigenvalue weighted by atomic mass is 9.80. The molecule has 0 aromatic heterocycles. The average Bonchev–Trinajstić information content (AvgIpc) is 3.51. The molecule has 2 nitrogen and oxygen atoms in total. The van der Waals surface area contributed by atoms with E-state index in [9.17, 15) is 4.79 Å². The smallest absolute Gasteiger partial charge is 0.136 e. The highest BCUT2D eigenvalue weighted by molar-refractivity contribution is 5.83. The Morgan fingerprint density at radius 3 is 2.11 bits per heavy atom. The standard InChI is InChI=1S/C26H30O2/c1-4-17-28-24-15-11-21(12-16-24)6-5-20-7-9-22(10-8-20)18-26(2,3)19-25(27)23-13-14-23/h7-12,15-16,23H,4,13-14,17-19H2,1-3H3. The summed E-state index contributed by atoms with van der Waals surface area (Å²) in [6.07, 6.45) is 4.79. The second-order valence-electron chi connectivity index (χ2n) is 8.58. The number of carbonyl (C=O) groups is 1. The number of rotatable bonds is 8. The van der Waals surface area contributed by atoms with Crippen LogP contribution in [-0.2, 0) is 11.2 Å². The molecule has 2 heteroatoms. The molecule has 1 fully saturated rings. The van der Waals surface area contributed by atoms with Crippen molar-refractivity contribution in [3.05, 3.63) is 65.2 Å². The van der Waals surface area contributed by atoms with Crippen LogP contribution in [0.15, 0.2) is 48.5 Å². The van der Waals surface area contributed by atoms with Gasteiger partial charge in [0.2, 0.25) is 0 Å². The number of Topliss-reactive ketones (excluding diaryl/α,β-unsaturated/α-hetero) is 1. The van der Waals surface area contributed by atoms with Crippen molar-refractivity contribution in [2.75, 3.05) is 6.61 Å². The van der Waals surface area contributed by atoms with Crippen LogP contribution in [0.3, 0.4) is 0 Å². The monoisotopic (exact) mass is 374 g/mol. The third kappa shape index (κ3) is 6.27. The zero-order valence-electron chi connectivity index (χ0n) is 17.3. The highest BCUT2D eigenvalue weighted by atomic mass is 16.5. The zero-order chi connectivity index (χ0) is 20.0. The molecule has 146 valence electrons. The summed E-state index contributed by atoms with van der Waals surface area (Å²) in [4.78, 5) is 12.1. The summed E-state index contributed by atoms with van der Waals surface area (Å²) in [7, 11) is 0. The minimum absolute atomic E-state index is 0.00839. The van der Waals surface area contributed by atoms with E-state index >= 15 is 0 Å². The van der Waals surface area contributed by atoms with Crippen molar-refractivity contribution in [1.29, 1.82) is 0 Å². The van der Waals surface area contributed by atoms with Gasteiger partial charge >= 0.3 is 0 Å². The summed E-state index contributed by atoms with van der Waals surface area (Å²) in [5.74, 6) is 8.11. The van der Waals surface area contributed by atoms with Gasteiger partial charge in [0.1, 0.15) is 11.5 Å². The van der Waals surface area contributed by atoms with Crippen LogP contribution >= 0.6 is 0 Å². The van der Waals surface area contributed by atoms with Crippen LogP contribution in [0.25, 0.3) is 0 Å². The van der Waals surface area contributed by atoms with E-state index in [-0.39, 0.29) is 5.41 Å². The van der Waals surface area contributed by atoms with Crippen molar-refractivity contribution in [3.8, 4) is 17.6 Å². The number of hydrogen-bond acceptors (Lipinski definition) is 2. The van der Waals surface area contributed by atoms with Gasteiger partial charge in [-0.3, -0.25) is 4.79 Å². The minimum Gasteiger partial charge on any atom is -0.494 e. The molecule has 0 atom stereocenters. The van der Waals surface area contributed by atoms with Gasteiger partial charge in [-0.05, 0) is 73.1 Å². The molecule has 0 N–H and O–H groups in total. The van der Waals surface area contributed by atoms with Gasteiger partial charge < -0.3 is 4.74 Å². The van der Waals surface area contributed by atoms with Gasteiger partial charge in [0.05, 0.1) is 6.61 Å². The molecule has 0 heterocycles. The summed E-state index contributed by atoms with van der Waals surface area (Å²) in [6, 6.07) is 16.3. The van der Waals surface area contributed by atoms with Crippen LogP contribution in [0.4, 0.5) is 0 Å². The fourth-order valence-electron chi connectivity index (χ4n) is 3.34. The maximum absolute atomic E-state index is 12.1. The molecule has 2 aromatic rings. The van der Waals surface area contributed by atoms with Gasteiger partial charge in [0, 0.05) is 23.5 Å². The first-order chi connectivity index (χ1) is 13.4. The van der Waals surface area contributed by atoms with Crippen molar-refractivity contribution in [2.24, 2.45) is 11.3 Å². The van der Waals surface area contributed by atoms with E-state index in [1.807, 2.05) is 24.3 Å². The highest BCUT2D eigenvalue weighted by Crippen LogP contribution is 2.36. The van der Waals surface area contributed by atoms with E-state index in [2.05, 4.69) is 56.9 Å². The third-order valence-electron chi connectivity index (χ3n) is 5.00. The van der Waals surface area contributed by atoms with Gasteiger partial charge in [-0.15, -0.1) is 0 Å². The zero-order valence-corrected chi connectivity index (χ0v) is 17.3. The van der Waals surface area contributed by atoms with E-state index in [1.165, 1.54) is 5.56 Å². The molecule has 0 saturated heterocycles. The van der Waals surface area contributed by atoms with Crippen molar-refractivity contribution < 1.29 is 9.53 Å². The minimum atomic E-state index is 0.00839. The Morgan fingerprint density at radius 1 is 1.00 bits per heavy atom. The van der Waals surface area contributed by atoms with Gasteiger partial charge in [-0.1, -0.05) is 44.7 Å². The Balaban J connectivity index is 1.57. The van der Waals surface area contributed by atoms with E-state index < -0.39 is 0 Å². The molecular weight excluding hydrogens is 344 g/mol. The quantitative estimate of drug-likeness (QED) is 0.545. The molecule has 1 saturated carbocycles. The van der Waals surface area contributed by atoms with Crippen molar-refractivity contribution >= 4 is 5.78 Å². The predicted molar refractivity (Wildman–Crippen MR) is 114 cm³/mol. The lowest BCUT2D eigenvalue weighted by Crippen LogP contribution is -2.20. The molecule has 0 bridgehead atoms. The Hall–Kier alpha value is -2.53. The van der Waals surface area contributed by atoms with E-state index in [4.69, 9.17) is 4.74 Å². The van der Waals surface area contributed by atoms with Crippen molar-refractivity contribution in [2.45, 2.75) is 52.9 Å². The predicted octanol–water partition coefficient (Wildman–Crippen LogP) is 5.81. The van der Waals surface area contributed by atoms with Crippen LogP contribution in [0.2, 0.25) is 0 Å². The van der Waals surface area contributed by atoms with Gasteiger partial charge in [0.25, 0.3) is 0 Å². The van der Waals surface area contributed by atoms with Crippen LogP contribution < -0.4 is 4.74 Å². The fraction of sp³-hybridized carbons (Fsp3) is 0.423. The van der Waals surface area contributed by atoms with Crippen molar-refractivity contribution in [3.63, 3.8) is 0 Å². The fourth-order valence-corrected chi connectivity index (χ4v) is 3.34. The lowest BCUT2D eigenvalue weighted by Gasteiger charge is -2.24. The second kappa shape index (κ2) is 9.11. The topological polar surface area (TPSA) is 26.3 Å². The van der Waals surface area contributed by atoms with Crippen LogP contribution in [0.1, 0.15) is 63.1 Å². The first-order valence-electron chi connectivity index (χ1n) is 10.3. The summed E-state index contributed by atoms with van der Waals surface area (Å²) < 4.78 is 5.60. The van der Waals surface area contributed by atoms with Gasteiger partial charge in [0.15, 0.2) is 0 Å². The number of ketones is 1. The summed E-state index contributed by atoms with van der Waals surface area (Å²) in [6.45, 7) is 7.21. The molecule has 2 aromatic carbocycles. The number of benzene rings is 2. The molecular formula is C26H30O2. The van der Waals surface area contributed by atoms with Gasteiger partial charge in [-0.2, -0.15) is 0 Å². The maximum Gasteiger partial charge on any atom is 0.136 e. The molecule has 1 aliphatic rings. The highest BCUT2D eigenvalue weighted by Gasteiger charge is 2.33. The molecule has 0 spiro atoms. The van der Waals surface area contributed by atoms with Crippen LogP contribution in [-0.4, -0.2) is 12.4 Å². The van der Waals surface area contributed by atoms with Crippen LogP contribution in [0.5, 0.6) is 5.75 Å². The van der Waals surface area contributed by atoms with Crippen LogP contribution in [0, 0.1) is 23.2 Å². The molecule has 0 unspecified atom stereocenters. The van der Waals surface area contributed by atoms with E-state index in [0.29, 0.717) is 18.1 Å². The van der Waals surface area contributed by atoms with Crippen molar-refractivity contribution in [1.82, 2.24) is 0 Å². The largest absolute Gasteiger partial charge is 0.494 e. The first-order valence-corrected chi connectivity index (χ1v) is 10.3. The summed E-state index contributed by atoms with van der Waals surface area (Å²) >= 11 is 0.